The predicted molar refractivity (Wildman–Crippen MR) is 81.7 cm³/mol. The van der Waals surface area contributed by atoms with Crippen molar-refractivity contribution < 1.29 is 4.74 Å². The third-order valence-electron chi connectivity index (χ3n) is 3.73. The summed E-state index contributed by atoms with van der Waals surface area (Å²) in [6, 6.07) is 2.55. The summed E-state index contributed by atoms with van der Waals surface area (Å²) in [4.78, 5) is 4.29. The van der Waals surface area contributed by atoms with E-state index in [-0.39, 0.29) is 0 Å². The molecule has 0 aromatic carbocycles. The van der Waals surface area contributed by atoms with Gasteiger partial charge in [-0.3, -0.25) is 4.99 Å². The lowest BCUT2D eigenvalue weighted by Crippen LogP contribution is -2.47. The third kappa shape index (κ3) is 3.12. The van der Waals surface area contributed by atoms with Crippen LogP contribution >= 0.6 is 27.3 Å². The Balaban J connectivity index is 1.51. The van der Waals surface area contributed by atoms with E-state index in [1.807, 2.05) is 7.05 Å². The zero-order valence-electron chi connectivity index (χ0n) is 10.9. The van der Waals surface area contributed by atoms with Crippen LogP contribution in [0.15, 0.2) is 20.2 Å². The molecule has 4 nitrogen and oxygen atoms in total. The predicted octanol–water partition coefficient (Wildman–Crippen LogP) is 2.50. The molecular weight excluding hydrogens is 326 g/mol. The van der Waals surface area contributed by atoms with Gasteiger partial charge < -0.3 is 15.4 Å². The highest BCUT2D eigenvalue weighted by Crippen LogP contribution is 2.34. The summed E-state index contributed by atoms with van der Waals surface area (Å²) in [6.45, 7) is 0.795. The SMILES string of the molecule is CN=C(NCc1csc(Br)c1)NC1CC2CCC1O2. The van der Waals surface area contributed by atoms with Crippen LogP contribution in [0.2, 0.25) is 0 Å². The molecule has 2 aliphatic heterocycles. The maximum atomic E-state index is 5.85. The third-order valence-corrected chi connectivity index (χ3v) is 5.29. The zero-order valence-corrected chi connectivity index (χ0v) is 13.3. The summed E-state index contributed by atoms with van der Waals surface area (Å²) < 4.78 is 7.01. The van der Waals surface area contributed by atoms with E-state index in [1.165, 1.54) is 18.4 Å². The highest BCUT2D eigenvalue weighted by Gasteiger charge is 2.41. The summed E-state index contributed by atoms with van der Waals surface area (Å²) in [6.07, 6.45) is 4.34. The fraction of sp³-hybridized carbons (Fsp3) is 0.615. The number of hydrogen-bond donors (Lipinski definition) is 2. The van der Waals surface area contributed by atoms with Crippen molar-refractivity contribution in [2.24, 2.45) is 4.99 Å². The molecule has 3 unspecified atom stereocenters. The normalized spacial score (nSPS) is 29.8. The molecule has 0 aliphatic carbocycles. The molecule has 2 fully saturated rings. The lowest BCUT2D eigenvalue weighted by molar-refractivity contribution is 0.0992. The van der Waals surface area contributed by atoms with Gasteiger partial charge >= 0.3 is 0 Å². The summed E-state index contributed by atoms with van der Waals surface area (Å²) >= 11 is 5.18. The van der Waals surface area contributed by atoms with Gasteiger partial charge in [-0.15, -0.1) is 11.3 Å². The van der Waals surface area contributed by atoms with Crippen LogP contribution in [0, 0.1) is 0 Å². The van der Waals surface area contributed by atoms with E-state index in [2.05, 4.69) is 43.0 Å². The average molecular weight is 344 g/mol. The van der Waals surface area contributed by atoms with Gasteiger partial charge in [-0.25, -0.2) is 0 Å². The fourth-order valence-corrected chi connectivity index (χ4v) is 3.99. The Morgan fingerprint density at radius 1 is 1.58 bits per heavy atom. The van der Waals surface area contributed by atoms with Crippen molar-refractivity contribution in [3.8, 4) is 0 Å². The van der Waals surface area contributed by atoms with E-state index in [1.54, 1.807) is 11.3 Å². The van der Waals surface area contributed by atoms with Gasteiger partial charge in [-0.05, 0) is 52.2 Å². The van der Waals surface area contributed by atoms with Gasteiger partial charge in [0.1, 0.15) is 0 Å². The Kier molecular flexibility index (Phi) is 4.10. The first-order chi connectivity index (χ1) is 9.24. The molecule has 2 saturated heterocycles. The molecule has 1 aromatic rings. The van der Waals surface area contributed by atoms with Crippen molar-refractivity contribution in [1.29, 1.82) is 0 Å². The van der Waals surface area contributed by atoms with Crippen molar-refractivity contribution in [2.75, 3.05) is 7.05 Å². The number of halogens is 1. The highest BCUT2D eigenvalue weighted by molar-refractivity contribution is 9.11. The molecule has 3 rings (SSSR count). The summed E-state index contributed by atoms with van der Waals surface area (Å²) in [5, 5.41) is 8.98. The van der Waals surface area contributed by atoms with Crippen LogP contribution in [0.25, 0.3) is 0 Å². The van der Waals surface area contributed by atoms with Gasteiger partial charge in [0.2, 0.25) is 0 Å². The lowest BCUT2D eigenvalue weighted by atomic mass is 9.96. The molecule has 19 heavy (non-hydrogen) atoms. The van der Waals surface area contributed by atoms with E-state index >= 15 is 0 Å². The molecule has 1 aromatic heterocycles. The number of hydrogen-bond acceptors (Lipinski definition) is 3. The summed E-state index contributed by atoms with van der Waals surface area (Å²) in [5.74, 6) is 0.864. The molecule has 2 N–H and O–H groups in total. The minimum Gasteiger partial charge on any atom is -0.373 e. The van der Waals surface area contributed by atoms with Crippen molar-refractivity contribution in [2.45, 2.75) is 44.1 Å². The Hall–Kier alpha value is -0.590. The highest BCUT2D eigenvalue weighted by atomic mass is 79.9. The Morgan fingerprint density at radius 3 is 3.05 bits per heavy atom. The van der Waals surface area contributed by atoms with E-state index in [0.29, 0.717) is 18.2 Å². The van der Waals surface area contributed by atoms with Gasteiger partial charge in [0.15, 0.2) is 5.96 Å². The second-order valence-corrected chi connectivity index (χ2v) is 7.34. The fourth-order valence-electron chi connectivity index (χ4n) is 2.78. The van der Waals surface area contributed by atoms with Crippen LogP contribution in [0.5, 0.6) is 0 Å². The van der Waals surface area contributed by atoms with Crippen molar-refractivity contribution >= 4 is 33.2 Å². The van der Waals surface area contributed by atoms with E-state index in [0.717, 1.165) is 22.7 Å². The van der Waals surface area contributed by atoms with E-state index < -0.39 is 0 Å². The first kappa shape index (κ1) is 13.4. The van der Waals surface area contributed by atoms with E-state index in [9.17, 15) is 0 Å². The Labute approximate surface area is 125 Å². The van der Waals surface area contributed by atoms with Crippen LogP contribution in [0.3, 0.4) is 0 Å². The Morgan fingerprint density at radius 2 is 2.47 bits per heavy atom. The van der Waals surface area contributed by atoms with Crippen molar-refractivity contribution in [1.82, 2.24) is 10.6 Å². The van der Waals surface area contributed by atoms with Crippen LogP contribution in [0.4, 0.5) is 0 Å². The minimum atomic E-state index is 0.374. The molecular formula is C13H18BrN3OS. The zero-order chi connectivity index (χ0) is 13.2. The van der Waals surface area contributed by atoms with Crippen molar-refractivity contribution in [3.05, 3.63) is 20.8 Å². The van der Waals surface area contributed by atoms with Gasteiger partial charge in [-0.2, -0.15) is 0 Å². The Bertz CT molecular complexity index is 476. The van der Waals surface area contributed by atoms with E-state index in [4.69, 9.17) is 4.74 Å². The molecule has 0 radical (unpaired) electrons. The molecule has 2 aliphatic rings. The molecule has 104 valence electrons. The topological polar surface area (TPSA) is 45.7 Å². The number of guanidine groups is 1. The first-order valence-corrected chi connectivity index (χ1v) is 8.27. The summed E-state index contributed by atoms with van der Waals surface area (Å²) in [7, 11) is 1.81. The van der Waals surface area contributed by atoms with Crippen LogP contribution in [-0.2, 0) is 11.3 Å². The number of nitrogens with zero attached hydrogens (tertiary/aromatic N) is 1. The quantitative estimate of drug-likeness (QED) is 0.654. The number of fused-ring (bicyclic) bond motifs is 2. The minimum absolute atomic E-state index is 0.374. The maximum absolute atomic E-state index is 5.85. The molecule has 3 atom stereocenters. The largest absolute Gasteiger partial charge is 0.373 e. The van der Waals surface area contributed by atoms with Gasteiger partial charge in [0.25, 0.3) is 0 Å². The standard InChI is InChI=1S/C13H18BrN3OS/c1-15-13(16-6-8-4-12(14)19-7-8)17-10-5-9-2-3-11(10)18-9/h4,7,9-11H,2-3,5-6H2,1H3,(H2,15,16,17). The molecule has 0 spiro atoms. The molecule has 3 heterocycles. The number of aliphatic imine (C=N–C) groups is 1. The lowest BCUT2D eigenvalue weighted by Gasteiger charge is -2.22. The van der Waals surface area contributed by atoms with Crippen LogP contribution in [0.1, 0.15) is 24.8 Å². The monoisotopic (exact) mass is 343 g/mol. The number of thiophene rings is 1. The second kappa shape index (κ2) is 5.81. The number of rotatable bonds is 3. The summed E-state index contributed by atoms with van der Waals surface area (Å²) in [5.41, 5.74) is 1.27. The number of nitrogens with one attached hydrogen (secondary N) is 2. The van der Waals surface area contributed by atoms with Gasteiger partial charge in [0.05, 0.1) is 22.0 Å². The van der Waals surface area contributed by atoms with Crippen LogP contribution < -0.4 is 10.6 Å². The smallest absolute Gasteiger partial charge is 0.191 e. The first-order valence-electron chi connectivity index (χ1n) is 6.60. The van der Waals surface area contributed by atoms with Crippen LogP contribution in [-0.4, -0.2) is 31.3 Å². The molecule has 0 saturated carbocycles. The van der Waals surface area contributed by atoms with Crippen molar-refractivity contribution in [3.63, 3.8) is 0 Å². The maximum Gasteiger partial charge on any atom is 0.191 e. The average Bonchev–Trinajstić information content (AvgIpc) is 3.11. The second-order valence-electron chi connectivity index (χ2n) is 5.05. The molecule has 6 heteroatoms. The van der Waals surface area contributed by atoms with Gasteiger partial charge in [-0.1, -0.05) is 0 Å². The molecule has 0 amide bonds. The van der Waals surface area contributed by atoms with Gasteiger partial charge in [0, 0.05) is 13.6 Å². The number of ether oxygens (including phenoxy) is 1. The molecule has 2 bridgehead atoms.